The van der Waals surface area contributed by atoms with Gasteiger partial charge in [-0.15, -0.1) is 11.3 Å². The van der Waals surface area contributed by atoms with Gasteiger partial charge in [-0.3, -0.25) is 4.79 Å². The molecule has 0 fully saturated rings. The van der Waals surface area contributed by atoms with Crippen LogP contribution in [0, 0.1) is 0 Å². The average molecular weight is 404 g/mol. The van der Waals surface area contributed by atoms with Gasteiger partial charge in [-0.05, 0) is 36.1 Å². The number of hydrogen-bond acceptors (Lipinski definition) is 5. The topological polar surface area (TPSA) is 54.9 Å². The van der Waals surface area contributed by atoms with Crippen LogP contribution in [-0.4, -0.2) is 22.1 Å². The average Bonchev–Trinajstić information content (AvgIpc) is 3.06. The van der Waals surface area contributed by atoms with Crippen molar-refractivity contribution in [2.75, 3.05) is 11.6 Å². The summed E-state index contributed by atoms with van der Waals surface area (Å²) >= 11 is 9.57. The molecule has 0 aliphatic carbocycles. The molecule has 0 radical (unpaired) electrons. The van der Waals surface area contributed by atoms with E-state index in [1.54, 1.807) is 29.3 Å². The van der Waals surface area contributed by atoms with E-state index in [-0.39, 0.29) is 5.91 Å². The molecule has 0 atom stereocenters. The molecule has 1 N–H and O–H groups in total. The molecule has 134 valence electrons. The van der Waals surface area contributed by atoms with Crippen molar-refractivity contribution in [3.05, 3.63) is 52.6 Å². The van der Waals surface area contributed by atoms with Gasteiger partial charge in [0, 0.05) is 29.0 Å². The van der Waals surface area contributed by atoms with E-state index < -0.39 is 0 Å². The van der Waals surface area contributed by atoms with Crippen LogP contribution in [0.5, 0.6) is 0 Å². The maximum Gasteiger partial charge on any atom is 0.225 e. The van der Waals surface area contributed by atoms with E-state index in [1.165, 1.54) is 0 Å². The first-order valence-corrected chi connectivity index (χ1v) is 10.7. The zero-order valence-corrected chi connectivity index (χ0v) is 16.8. The largest absolute Gasteiger partial charge is 0.311 e. The van der Waals surface area contributed by atoms with Gasteiger partial charge in [0.2, 0.25) is 5.91 Å². The molecule has 0 aliphatic heterocycles. The van der Waals surface area contributed by atoms with Crippen molar-refractivity contribution in [1.82, 2.24) is 9.97 Å². The summed E-state index contributed by atoms with van der Waals surface area (Å²) < 4.78 is 0. The lowest BCUT2D eigenvalue weighted by atomic mass is 10.1. The maximum atomic E-state index is 11.7. The molecule has 26 heavy (non-hydrogen) atoms. The second kappa shape index (κ2) is 8.66. The van der Waals surface area contributed by atoms with Crippen LogP contribution in [0.2, 0.25) is 5.02 Å². The number of hydrogen-bond donors (Lipinski definition) is 1. The first-order valence-electron chi connectivity index (χ1n) is 8.11. The van der Waals surface area contributed by atoms with Crippen LogP contribution < -0.4 is 5.32 Å². The lowest BCUT2D eigenvalue weighted by Crippen LogP contribution is -2.10. The number of carbonyl (C=O) groups excluding carboxylic acids is 1. The van der Waals surface area contributed by atoms with Gasteiger partial charge in [-0.25, -0.2) is 9.97 Å². The third kappa shape index (κ3) is 4.44. The van der Waals surface area contributed by atoms with Gasteiger partial charge in [0.05, 0.1) is 10.6 Å². The van der Waals surface area contributed by atoms with Crippen molar-refractivity contribution in [1.29, 1.82) is 0 Å². The summed E-state index contributed by atoms with van der Waals surface area (Å²) in [6.07, 6.45) is 4.18. The van der Waals surface area contributed by atoms with Crippen LogP contribution in [0.4, 0.5) is 5.82 Å². The first-order chi connectivity index (χ1) is 12.6. The number of nitrogens with one attached hydrogen (secondary N) is 1. The van der Waals surface area contributed by atoms with Gasteiger partial charge in [0.1, 0.15) is 10.8 Å². The minimum absolute atomic E-state index is 0.0582. The number of benzene rings is 1. The quantitative estimate of drug-likeness (QED) is 0.570. The summed E-state index contributed by atoms with van der Waals surface area (Å²) in [5.74, 6) is 1.34. The molecular formula is C19H18ClN3OS2. The maximum absolute atomic E-state index is 11.7. The molecule has 3 aromatic rings. The zero-order valence-electron chi connectivity index (χ0n) is 14.5. The van der Waals surface area contributed by atoms with Crippen LogP contribution in [0.3, 0.4) is 0 Å². The molecule has 0 unspecified atom stereocenters. The van der Waals surface area contributed by atoms with E-state index in [0.29, 0.717) is 17.3 Å². The molecule has 0 spiro atoms. The van der Waals surface area contributed by atoms with Crippen molar-refractivity contribution in [2.24, 2.45) is 0 Å². The summed E-state index contributed by atoms with van der Waals surface area (Å²) in [6.45, 7) is 1.81. The molecule has 0 bridgehead atoms. The van der Waals surface area contributed by atoms with Gasteiger partial charge in [0.25, 0.3) is 0 Å². The van der Waals surface area contributed by atoms with E-state index in [9.17, 15) is 4.79 Å². The fourth-order valence-corrected chi connectivity index (χ4v) is 4.42. The van der Waals surface area contributed by atoms with Crippen LogP contribution in [-0.2, 0) is 10.5 Å². The van der Waals surface area contributed by atoms with Gasteiger partial charge >= 0.3 is 0 Å². The molecule has 1 amide bonds. The monoisotopic (exact) mass is 403 g/mol. The molecular weight excluding hydrogens is 386 g/mol. The Hall–Kier alpha value is -1.89. The molecule has 0 aliphatic rings. The van der Waals surface area contributed by atoms with Crippen molar-refractivity contribution in [3.8, 4) is 21.7 Å². The van der Waals surface area contributed by atoms with Crippen molar-refractivity contribution in [3.63, 3.8) is 0 Å². The SMILES string of the molecule is CCC(=O)Nc1cc(-c2sc(CSC)nc2-c2cccc(Cl)c2)ccn1. The van der Waals surface area contributed by atoms with Crippen molar-refractivity contribution >= 4 is 46.4 Å². The number of amides is 1. The smallest absolute Gasteiger partial charge is 0.225 e. The molecule has 0 saturated heterocycles. The van der Waals surface area contributed by atoms with Crippen LogP contribution in [0.15, 0.2) is 42.6 Å². The number of nitrogens with zero attached hydrogens (tertiary/aromatic N) is 2. The van der Waals surface area contributed by atoms with Crippen LogP contribution in [0.25, 0.3) is 21.7 Å². The van der Waals surface area contributed by atoms with E-state index >= 15 is 0 Å². The zero-order chi connectivity index (χ0) is 18.5. The van der Waals surface area contributed by atoms with Crippen molar-refractivity contribution < 1.29 is 4.79 Å². The number of aromatic nitrogens is 2. The predicted octanol–water partition coefficient (Wildman–Crippen LogP) is 5.74. The van der Waals surface area contributed by atoms with E-state index in [0.717, 1.165) is 32.5 Å². The second-order valence-electron chi connectivity index (χ2n) is 5.56. The molecule has 1 aromatic carbocycles. The Kier molecular flexibility index (Phi) is 6.29. The molecule has 7 heteroatoms. The van der Waals surface area contributed by atoms with Crippen molar-refractivity contribution in [2.45, 2.75) is 19.1 Å². The summed E-state index contributed by atoms with van der Waals surface area (Å²) in [6, 6.07) is 11.5. The molecule has 2 heterocycles. The normalized spacial score (nSPS) is 10.7. The van der Waals surface area contributed by atoms with Gasteiger partial charge in [-0.1, -0.05) is 30.7 Å². The summed E-state index contributed by atoms with van der Waals surface area (Å²) in [4.78, 5) is 21.8. The lowest BCUT2D eigenvalue weighted by Gasteiger charge is -2.06. The predicted molar refractivity (Wildman–Crippen MR) is 112 cm³/mol. The third-order valence-corrected chi connectivity index (χ3v) is 5.73. The highest BCUT2D eigenvalue weighted by molar-refractivity contribution is 7.97. The van der Waals surface area contributed by atoms with E-state index in [4.69, 9.17) is 16.6 Å². The third-order valence-electron chi connectivity index (χ3n) is 3.65. The number of carbonyl (C=O) groups is 1. The molecule has 3 rings (SSSR count). The number of halogens is 1. The minimum Gasteiger partial charge on any atom is -0.311 e. The Labute approximate surface area is 166 Å². The Morgan fingerprint density at radius 2 is 2.12 bits per heavy atom. The highest BCUT2D eigenvalue weighted by Gasteiger charge is 2.16. The number of thiazole rings is 1. The Morgan fingerprint density at radius 3 is 2.85 bits per heavy atom. The van der Waals surface area contributed by atoms with Crippen LogP contribution in [0.1, 0.15) is 18.4 Å². The highest BCUT2D eigenvalue weighted by Crippen LogP contribution is 2.38. The standard InChI is InChI=1S/C19H18ClN3OS2/c1-3-16(24)22-15-10-13(7-8-21-15)19-18(23-17(26-19)11-25-2)12-5-4-6-14(20)9-12/h4-10H,3,11H2,1-2H3,(H,21,22,24). The number of pyridine rings is 1. The summed E-state index contributed by atoms with van der Waals surface area (Å²) in [7, 11) is 0. The lowest BCUT2D eigenvalue weighted by molar-refractivity contribution is -0.115. The minimum atomic E-state index is -0.0582. The number of rotatable bonds is 6. The summed E-state index contributed by atoms with van der Waals surface area (Å²) in [5.41, 5.74) is 2.86. The van der Waals surface area contributed by atoms with Gasteiger partial charge in [0.15, 0.2) is 0 Å². The van der Waals surface area contributed by atoms with Crippen LogP contribution >= 0.6 is 34.7 Å². The first kappa shape index (κ1) is 18.9. The Balaban J connectivity index is 2.06. The van der Waals surface area contributed by atoms with E-state index in [2.05, 4.69) is 16.6 Å². The van der Waals surface area contributed by atoms with Gasteiger partial charge in [-0.2, -0.15) is 11.8 Å². The highest BCUT2D eigenvalue weighted by atomic mass is 35.5. The molecule has 0 saturated carbocycles. The van der Waals surface area contributed by atoms with E-state index in [1.807, 2.05) is 43.3 Å². The molecule has 2 aromatic heterocycles. The fourth-order valence-electron chi connectivity index (χ4n) is 2.45. The fraction of sp³-hybridized carbons (Fsp3) is 0.211. The second-order valence-corrected chi connectivity index (χ2v) is 7.95. The summed E-state index contributed by atoms with van der Waals surface area (Å²) in [5, 5.41) is 4.54. The number of anilines is 1. The Bertz CT molecular complexity index is 927. The Morgan fingerprint density at radius 1 is 1.27 bits per heavy atom. The molecule has 4 nitrogen and oxygen atoms in total. The van der Waals surface area contributed by atoms with Gasteiger partial charge < -0.3 is 5.32 Å². The number of thioether (sulfide) groups is 1.